The number of carbonyl (C=O) groups is 8. The molecule has 25 rings (SSSR count). The van der Waals surface area contributed by atoms with Crippen LogP contribution in [-0.4, -0.2) is 168 Å². The van der Waals surface area contributed by atoms with Crippen LogP contribution >= 0.6 is 11.6 Å². The molecular weight excluding hydrogens is 1840 g/mol. The number of anilines is 1. The molecule has 1 fully saturated rings. The van der Waals surface area contributed by atoms with Gasteiger partial charge in [0.05, 0.1) is 24.2 Å². The zero-order valence-corrected chi connectivity index (χ0v) is 80.6. The standard InChI is InChI=1S/C23H18N2O.C22H22FN3O.C20H20FN3O.C19H16FN3O2.C18H15ClN2O2.C13H13N3O2/c26-23-19-10-5-11-20-21(19)18(12-13-24-23)22(25-20)17-9-4-8-16(14-17)15-6-2-1-3-7-15;23-18-12-14(6-7-15(18)13-26-10-1-2-11-26)21-16-8-9-24-22(27)17-4-3-5-19(25-21)20(16)17;1-24(2)11-13-7-6-12(10-16(13)21)19-14-8-9-22-20(25)15-4-3-5-17(23-19)18(14)15;1-10(24)22-15-6-5-11(20)9-14(15)18-12-7-8-21-19(25)13-3-2-4-16(23-18)17(12)13;1-23-15-6-5-10(19)9-13(15)17-11-7-8-20-18(22)12-3-2-4-14(21-17)16(11)12;1-14-13(18)11-7-5-6-15-12(17)8-3-2-4-9(16-11)10(7)8/h1-11,14,25H,12-13H2,(H,24,26);3-7,12,25H,1-2,8-11,13H2,(H,24,27);3-7,10,23H,8-9,11H2,1-2H3,(H,22,25);2-6,9,23H,7-8H2,1H3,(H,21,25)(H,22,24);2-6,9,21H,7-8H2,1H3,(H,20,22);2-4,16H,5-6H2,1H3,(H,14,18)(H,15,17). The van der Waals surface area contributed by atoms with Gasteiger partial charge in [-0.05, 0) is 256 Å². The van der Waals surface area contributed by atoms with Gasteiger partial charge in [0.2, 0.25) is 5.91 Å². The van der Waals surface area contributed by atoms with Gasteiger partial charge in [-0.25, -0.2) is 13.2 Å². The molecule has 7 aliphatic rings. The van der Waals surface area contributed by atoms with Crippen molar-refractivity contribution >= 4 is 130 Å². The fourth-order valence-electron chi connectivity index (χ4n) is 21.0. The first-order chi connectivity index (χ1) is 70.0. The highest BCUT2D eigenvalue weighted by Gasteiger charge is 2.32. The molecule has 29 heteroatoms. The Labute approximate surface area is 831 Å². The number of rotatable bonds is 13. The second-order valence-electron chi connectivity index (χ2n) is 36.9. The molecule has 12 aromatic carbocycles. The van der Waals surface area contributed by atoms with Gasteiger partial charge in [-0.1, -0.05) is 121 Å². The van der Waals surface area contributed by atoms with Crippen LogP contribution in [0.3, 0.4) is 0 Å². The van der Waals surface area contributed by atoms with Crippen molar-refractivity contribution in [3.8, 4) is 73.2 Å². The Hall–Kier alpha value is -16.6. The molecule has 0 bridgehead atoms. The average Bonchev–Trinajstić information content (AvgIpc) is 1.61. The van der Waals surface area contributed by atoms with E-state index in [9.17, 15) is 51.5 Å². The Morgan fingerprint density at radius 1 is 0.375 bits per heavy atom. The normalized spacial score (nSPS) is 14.4. The Kier molecular flexibility index (Phi) is 27.0. The first-order valence-electron chi connectivity index (χ1n) is 48.3. The van der Waals surface area contributed by atoms with Crippen LogP contribution < -0.4 is 47.3 Å². The van der Waals surface area contributed by atoms with Crippen molar-refractivity contribution in [1.29, 1.82) is 0 Å². The summed E-state index contributed by atoms with van der Waals surface area (Å²) in [6.07, 6.45) is 6.72. The number of hydrogen-bond acceptors (Lipinski definition) is 11. The summed E-state index contributed by atoms with van der Waals surface area (Å²) in [7, 11) is 7.08. The van der Waals surface area contributed by atoms with Gasteiger partial charge < -0.3 is 82.1 Å². The van der Waals surface area contributed by atoms with E-state index in [1.807, 2.05) is 159 Å². The lowest BCUT2D eigenvalue weighted by atomic mass is 9.97. The van der Waals surface area contributed by atoms with E-state index in [2.05, 4.69) is 126 Å². The number of methoxy groups -OCH3 is 1. The summed E-state index contributed by atoms with van der Waals surface area (Å²) < 4.78 is 48.7. The third-order valence-corrected chi connectivity index (χ3v) is 27.7. The van der Waals surface area contributed by atoms with Gasteiger partial charge in [0, 0.05) is 221 Å². The van der Waals surface area contributed by atoms with Crippen molar-refractivity contribution in [2.45, 2.75) is 71.4 Å². The number of carbonyl (C=O) groups excluding carboxylic acids is 8. The maximum absolute atomic E-state index is 14.8. The molecule has 0 unspecified atom stereocenters. The molecule has 0 aliphatic carbocycles. The van der Waals surface area contributed by atoms with Crippen molar-refractivity contribution < 1.29 is 56.3 Å². The van der Waals surface area contributed by atoms with Crippen LogP contribution in [0.2, 0.25) is 5.02 Å². The van der Waals surface area contributed by atoms with Crippen LogP contribution in [-0.2, 0) is 56.4 Å². The van der Waals surface area contributed by atoms with E-state index < -0.39 is 5.82 Å². The number of nitrogens with one attached hydrogen (secondary N) is 14. The maximum Gasteiger partial charge on any atom is 0.267 e. The number of hydrogen-bond donors (Lipinski definition) is 14. The van der Waals surface area contributed by atoms with E-state index in [1.165, 1.54) is 48.6 Å². The van der Waals surface area contributed by atoms with E-state index >= 15 is 0 Å². The number of likely N-dealkylation sites (tertiary alicyclic amines) is 1. The highest BCUT2D eigenvalue weighted by atomic mass is 35.5. The van der Waals surface area contributed by atoms with Gasteiger partial charge in [0.25, 0.3) is 41.4 Å². The lowest BCUT2D eigenvalue weighted by molar-refractivity contribution is -0.114. The first kappa shape index (κ1) is 95.0. The number of aromatic nitrogens is 6. The van der Waals surface area contributed by atoms with Crippen molar-refractivity contribution in [1.82, 2.24) is 76.9 Å². The molecule has 13 heterocycles. The van der Waals surface area contributed by atoms with E-state index in [-0.39, 0.29) is 58.9 Å². The number of ether oxygens (including phenoxy) is 1. The number of amides is 8. The fraction of sp³-hybridized carbons (Fsp3) is 0.200. The molecular formula is C115H104ClF3N16O9. The highest BCUT2D eigenvalue weighted by Crippen LogP contribution is 2.44. The van der Waals surface area contributed by atoms with Crippen LogP contribution in [0.4, 0.5) is 18.9 Å². The Morgan fingerprint density at radius 3 is 1.15 bits per heavy atom. The zero-order chi connectivity index (χ0) is 99.7. The van der Waals surface area contributed by atoms with Gasteiger partial charge in [-0.3, -0.25) is 43.3 Å². The van der Waals surface area contributed by atoms with Gasteiger partial charge >= 0.3 is 0 Å². The second kappa shape index (κ2) is 40.9. The Morgan fingerprint density at radius 2 is 0.743 bits per heavy atom. The van der Waals surface area contributed by atoms with Crippen LogP contribution in [0, 0.1) is 17.5 Å². The predicted molar refractivity (Wildman–Crippen MR) is 560 cm³/mol. The number of benzene rings is 12. The molecule has 0 spiro atoms. The minimum Gasteiger partial charge on any atom is -0.496 e. The maximum atomic E-state index is 14.8. The molecule has 25 nitrogen and oxygen atoms in total. The summed E-state index contributed by atoms with van der Waals surface area (Å²) in [5, 5.41) is 29.2. The topological polar surface area (TPSA) is 343 Å². The molecule has 18 aromatic rings. The third kappa shape index (κ3) is 18.9. The van der Waals surface area contributed by atoms with E-state index in [0.717, 1.165) is 200 Å². The van der Waals surface area contributed by atoms with E-state index in [4.69, 9.17) is 16.3 Å². The summed E-state index contributed by atoms with van der Waals surface area (Å²) >= 11 is 6.18. The van der Waals surface area contributed by atoms with Crippen LogP contribution in [0.15, 0.2) is 237 Å². The van der Waals surface area contributed by atoms with Gasteiger partial charge in [-0.15, -0.1) is 0 Å². The highest BCUT2D eigenvalue weighted by molar-refractivity contribution is 6.31. The van der Waals surface area contributed by atoms with Gasteiger partial charge in [0.1, 0.15) is 28.9 Å². The van der Waals surface area contributed by atoms with Crippen molar-refractivity contribution in [2.24, 2.45) is 0 Å². The van der Waals surface area contributed by atoms with Crippen LogP contribution in [0.5, 0.6) is 5.75 Å². The van der Waals surface area contributed by atoms with Gasteiger partial charge in [-0.2, -0.15) is 0 Å². The number of aromatic amines is 6. The zero-order valence-electron chi connectivity index (χ0n) is 79.8. The summed E-state index contributed by atoms with van der Waals surface area (Å²) in [4.78, 5) is 121. The molecule has 7 aliphatic heterocycles. The first-order valence-corrected chi connectivity index (χ1v) is 48.6. The van der Waals surface area contributed by atoms with Crippen LogP contribution in [0.25, 0.3) is 133 Å². The molecule has 1 saturated heterocycles. The Bertz CT molecular complexity index is 8180. The predicted octanol–water partition coefficient (Wildman–Crippen LogP) is 19.8. The molecule has 0 saturated carbocycles. The van der Waals surface area contributed by atoms with Crippen molar-refractivity contribution in [3.05, 3.63) is 343 Å². The largest absolute Gasteiger partial charge is 0.496 e. The third-order valence-electron chi connectivity index (χ3n) is 27.5. The molecule has 726 valence electrons. The summed E-state index contributed by atoms with van der Waals surface area (Å²) in [6.45, 7) is 8.23. The Balaban J connectivity index is 0.000000106. The molecule has 0 atom stereocenters. The van der Waals surface area contributed by atoms with E-state index in [1.54, 1.807) is 50.6 Å². The molecule has 6 aromatic heterocycles. The molecule has 0 radical (unpaired) electrons. The van der Waals surface area contributed by atoms with Gasteiger partial charge in [0.15, 0.2) is 0 Å². The van der Waals surface area contributed by atoms with Crippen molar-refractivity contribution in [3.63, 3.8) is 0 Å². The van der Waals surface area contributed by atoms with Crippen molar-refractivity contribution in [2.75, 3.05) is 85.9 Å². The minimum absolute atomic E-state index is 0.0120. The quantitative estimate of drug-likeness (QED) is 0.0514. The summed E-state index contributed by atoms with van der Waals surface area (Å²) in [5.74, 6) is -0.698. The average molecular weight is 1950 g/mol. The fourth-order valence-corrected chi connectivity index (χ4v) is 21.2. The lowest BCUT2D eigenvalue weighted by Crippen LogP contribution is -2.24. The number of H-pyrrole nitrogens is 6. The monoisotopic (exact) mass is 1940 g/mol. The molecule has 144 heavy (non-hydrogen) atoms. The van der Waals surface area contributed by atoms with Crippen LogP contribution in [0.1, 0.15) is 137 Å². The number of nitrogens with zero attached hydrogens (tertiary/aromatic N) is 2. The minimum atomic E-state index is -0.391. The molecule has 8 amide bonds. The summed E-state index contributed by atoms with van der Waals surface area (Å²) in [5.41, 5.74) is 29.7. The number of halogens is 4. The lowest BCUT2D eigenvalue weighted by Gasteiger charge is -2.15. The molecule has 14 N–H and O–H groups in total. The summed E-state index contributed by atoms with van der Waals surface area (Å²) in [6, 6.07) is 73.7. The van der Waals surface area contributed by atoms with E-state index in [0.29, 0.717) is 121 Å². The second-order valence-corrected chi connectivity index (χ2v) is 37.3. The smallest absolute Gasteiger partial charge is 0.267 e. The SMILES string of the molecule is CC(=O)Nc1ccc(F)cc1-c1[nH]c2cccc3c2c1CCNC3=O.CN(C)Cc1ccc(-c2[nH]c3cccc4c3c2CCNC4=O)cc1F.CNC(=O)c1[nH]c2cccc3c2c1CCNC3=O.COc1ccc(Cl)cc1-c1[nH]c2cccc3c2c1CCNC3=O.O=C1NCCc2c(-c3ccc(CN4CCCC4)c(F)c3)[nH]c3cccc1c23.O=C1NCCc2c(-c3cccc(-c4ccccc4)c3)[nH]c3cccc1c23.